The molecular weight excluding hydrogens is 260 g/mol. The third kappa shape index (κ3) is 2.48. The molecule has 4 atom stereocenters. The number of methoxy groups -OCH3 is 1. The summed E-state index contributed by atoms with van der Waals surface area (Å²) in [5.74, 6) is 2.26. The number of hydrogen-bond donors (Lipinski definition) is 1. The zero-order valence-corrected chi connectivity index (χ0v) is 12.2. The van der Waals surface area contributed by atoms with E-state index in [1.54, 1.807) is 5.38 Å². The normalized spacial score (nSPS) is 30.3. The lowest BCUT2D eigenvalue weighted by atomic mass is 9.84. The smallest absolute Gasteiger partial charge is 0.357 e. The highest BCUT2D eigenvalue weighted by atomic mass is 32.1. The molecule has 0 amide bonds. The van der Waals surface area contributed by atoms with Crippen molar-refractivity contribution in [1.29, 1.82) is 0 Å². The van der Waals surface area contributed by atoms with Gasteiger partial charge in [0.25, 0.3) is 0 Å². The summed E-state index contributed by atoms with van der Waals surface area (Å²) >= 11 is 1.48. The Hall–Kier alpha value is -1.10. The molecule has 0 aliphatic heterocycles. The van der Waals surface area contributed by atoms with Crippen molar-refractivity contribution in [3.05, 3.63) is 11.1 Å². The standard InChI is InChI=1S/C14H20N2O2S/c1-8(11-6-9-3-4-10(11)5-9)15-14-16-12(7-19-14)13(17)18-2/h7-11H,3-6H2,1-2H3,(H,15,16). The maximum Gasteiger partial charge on any atom is 0.357 e. The fraction of sp³-hybridized carbons (Fsp3) is 0.714. The minimum atomic E-state index is -0.364. The van der Waals surface area contributed by atoms with Crippen LogP contribution in [0.4, 0.5) is 5.13 Å². The molecule has 4 nitrogen and oxygen atoms in total. The lowest BCUT2D eigenvalue weighted by molar-refractivity contribution is 0.0595. The number of fused-ring (bicyclic) bond motifs is 2. The Labute approximate surface area is 117 Å². The van der Waals surface area contributed by atoms with Crippen molar-refractivity contribution in [2.24, 2.45) is 17.8 Å². The van der Waals surface area contributed by atoms with E-state index < -0.39 is 0 Å². The third-order valence-electron chi connectivity index (χ3n) is 4.68. The maximum absolute atomic E-state index is 11.4. The largest absolute Gasteiger partial charge is 0.464 e. The van der Waals surface area contributed by atoms with Gasteiger partial charge in [0.15, 0.2) is 10.8 Å². The van der Waals surface area contributed by atoms with Crippen molar-refractivity contribution in [2.45, 2.75) is 38.6 Å². The molecule has 1 aromatic rings. The summed E-state index contributed by atoms with van der Waals surface area (Å²) in [4.78, 5) is 15.7. The molecule has 1 heterocycles. The number of ether oxygens (including phenoxy) is 1. The van der Waals surface area contributed by atoms with Gasteiger partial charge < -0.3 is 10.1 Å². The summed E-state index contributed by atoms with van der Waals surface area (Å²) < 4.78 is 4.67. The van der Waals surface area contributed by atoms with Gasteiger partial charge in [-0.1, -0.05) is 6.42 Å². The van der Waals surface area contributed by atoms with Crippen LogP contribution in [0.25, 0.3) is 0 Å². The number of esters is 1. The van der Waals surface area contributed by atoms with E-state index in [1.807, 2.05) is 0 Å². The minimum Gasteiger partial charge on any atom is -0.464 e. The second kappa shape index (κ2) is 5.12. The van der Waals surface area contributed by atoms with Crippen LogP contribution < -0.4 is 5.32 Å². The lowest BCUT2D eigenvalue weighted by Gasteiger charge is -2.28. The van der Waals surface area contributed by atoms with Gasteiger partial charge in [-0.25, -0.2) is 9.78 Å². The molecule has 1 N–H and O–H groups in total. The van der Waals surface area contributed by atoms with Crippen molar-refractivity contribution in [2.75, 3.05) is 12.4 Å². The Balaban J connectivity index is 1.61. The average Bonchev–Trinajstić information content (AvgIpc) is 3.13. The number of hydrogen-bond acceptors (Lipinski definition) is 5. The van der Waals surface area contributed by atoms with Gasteiger partial charge in [-0.05, 0) is 43.9 Å². The molecule has 2 bridgehead atoms. The molecule has 0 radical (unpaired) electrons. The average molecular weight is 280 g/mol. The first-order chi connectivity index (χ1) is 9.17. The van der Waals surface area contributed by atoms with Crippen LogP contribution in [0.5, 0.6) is 0 Å². The van der Waals surface area contributed by atoms with Crippen LogP contribution in [-0.2, 0) is 4.74 Å². The molecule has 3 rings (SSSR count). The van der Waals surface area contributed by atoms with Crippen molar-refractivity contribution in [3.63, 3.8) is 0 Å². The van der Waals surface area contributed by atoms with Crippen molar-refractivity contribution < 1.29 is 9.53 Å². The van der Waals surface area contributed by atoms with Crippen LogP contribution in [0.2, 0.25) is 0 Å². The van der Waals surface area contributed by atoms with Crippen LogP contribution in [0.15, 0.2) is 5.38 Å². The molecule has 19 heavy (non-hydrogen) atoms. The lowest BCUT2D eigenvalue weighted by Crippen LogP contribution is -2.29. The molecule has 4 unspecified atom stereocenters. The highest BCUT2D eigenvalue weighted by Crippen LogP contribution is 2.49. The Morgan fingerprint density at radius 2 is 2.37 bits per heavy atom. The fourth-order valence-electron chi connectivity index (χ4n) is 3.75. The number of anilines is 1. The second-order valence-electron chi connectivity index (χ2n) is 5.80. The van der Waals surface area contributed by atoms with Crippen LogP contribution in [0.1, 0.15) is 43.1 Å². The fourth-order valence-corrected chi connectivity index (χ4v) is 4.52. The van der Waals surface area contributed by atoms with E-state index >= 15 is 0 Å². The molecule has 104 valence electrons. The van der Waals surface area contributed by atoms with E-state index in [9.17, 15) is 4.79 Å². The zero-order chi connectivity index (χ0) is 13.4. The van der Waals surface area contributed by atoms with E-state index in [1.165, 1.54) is 44.1 Å². The van der Waals surface area contributed by atoms with Gasteiger partial charge in [-0.15, -0.1) is 11.3 Å². The minimum absolute atomic E-state index is 0.364. The third-order valence-corrected chi connectivity index (χ3v) is 5.46. The molecule has 0 saturated heterocycles. The Kier molecular flexibility index (Phi) is 3.48. The van der Waals surface area contributed by atoms with E-state index in [-0.39, 0.29) is 5.97 Å². The molecule has 1 aromatic heterocycles. The first-order valence-corrected chi connectivity index (χ1v) is 7.85. The van der Waals surface area contributed by atoms with E-state index in [0.29, 0.717) is 11.7 Å². The van der Waals surface area contributed by atoms with Gasteiger partial charge in [0.2, 0.25) is 0 Å². The summed E-state index contributed by atoms with van der Waals surface area (Å²) in [7, 11) is 1.38. The van der Waals surface area contributed by atoms with Gasteiger partial charge in [-0.2, -0.15) is 0 Å². The van der Waals surface area contributed by atoms with Gasteiger partial charge >= 0.3 is 5.97 Å². The second-order valence-corrected chi connectivity index (χ2v) is 6.66. The Morgan fingerprint density at radius 1 is 1.53 bits per heavy atom. The predicted molar refractivity (Wildman–Crippen MR) is 75.5 cm³/mol. The monoisotopic (exact) mass is 280 g/mol. The molecule has 2 saturated carbocycles. The van der Waals surface area contributed by atoms with E-state index in [4.69, 9.17) is 0 Å². The van der Waals surface area contributed by atoms with Gasteiger partial charge in [0.05, 0.1) is 7.11 Å². The number of carbonyl (C=O) groups is 1. The quantitative estimate of drug-likeness (QED) is 0.861. The summed E-state index contributed by atoms with van der Waals surface area (Å²) in [6, 6.07) is 0.437. The molecule has 0 spiro atoms. The van der Waals surface area contributed by atoms with Crippen LogP contribution >= 0.6 is 11.3 Å². The Morgan fingerprint density at radius 3 is 3.00 bits per heavy atom. The van der Waals surface area contributed by atoms with Crippen molar-refractivity contribution in [3.8, 4) is 0 Å². The van der Waals surface area contributed by atoms with Crippen LogP contribution in [0.3, 0.4) is 0 Å². The molecule has 2 fully saturated rings. The number of nitrogens with zero attached hydrogens (tertiary/aromatic N) is 1. The molecular formula is C14H20N2O2S. The molecule has 5 heteroatoms. The van der Waals surface area contributed by atoms with Crippen molar-refractivity contribution in [1.82, 2.24) is 4.98 Å². The van der Waals surface area contributed by atoms with Crippen LogP contribution in [0, 0.1) is 17.8 Å². The summed E-state index contributed by atoms with van der Waals surface area (Å²) in [6.45, 7) is 2.24. The molecule has 0 aromatic carbocycles. The van der Waals surface area contributed by atoms with Crippen molar-refractivity contribution >= 4 is 22.4 Å². The molecule has 2 aliphatic rings. The van der Waals surface area contributed by atoms with Gasteiger partial charge in [-0.3, -0.25) is 0 Å². The topological polar surface area (TPSA) is 51.2 Å². The zero-order valence-electron chi connectivity index (χ0n) is 11.4. The van der Waals surface area contributed by atoms with Gasteiger partial charge in [0.1, 0.15) is 0 Å². The number of rotatable bonds is 4. The highest BCUT2D eigenvalue weighted by molar-refractivity contribution is 7.13. The van der Waals surface area contributed by atoms with Gasteiger partial charge in [0, 0.05) is 11.4 Å². The number of thiazole rings is 1. The predicted octanol–water partition coefficient (Wildman–Crippen LogP) is 3.17. The summed E-state index contributed by atoms with van der Waals surface area (Å²) in [5.41, 5.74) is 0.398. The summed E-state index contributed by atoms with van der Waals surface area (Å²) in [5, 5.41) is 6.05. The van der Waals surface area contributed by atoms with E-state index in [2.05, 4.69) is 22.0 Å². The number of carbonyl (C=O) groups excluding carboxylic acids is 1. The van der Waals surface area contributed by atoms with E-state index in [0.717, 1.165) is 22.9 Å². The first-order valence-electron chi connectivity index (χ1n) is 6.97. The van der Waals surface area contributed by atoms with Crippen LogP contribution in [-0.4, -0.2) is 24.1 Å². The highest BCUT2D eigenvalue weighted by Gasteiger charge is 2.41. The maximum atomic E-state index is 11.4. The number of nitrogens with one attached hydrogen (secondary N) is 1. The SMILES string of the molecule is COC(=O)c1csc(NC(C)C2CC3CCC2C3)n1. The molecule has 2 aliphatic carbocycles. The summed E-state index contributed by atoms with van der Waals surface area (Å²) in [6.07, 6.45) is 5.60. The first kappa shape index (κ1) is 12.9. The number of aromatic nitrogens is 1. The Bertz CT molecular complexity index is 474.